The molecule has 0 spiro atoms. The van der Waals surface area contributed by atoms with Crippen LogP contribution in [0, 0.1) is 0 Å². The van der Waals surface area contributed by atoms with E-state index in [2.05, 4.69) is 24.8 Å². The van der Waals surface area contributed by atoms with Crippen molar-refractivity contribution in [2.24, 2.45) is 0 Å². The predicted molar refractivity (Wildman–Crippen MR) is 153 cm³/mol. The molecule has 0 saturated heterocycles. The molecule has 0 aromatic heterocycles. The van der Waals surface area contributed by atoms with E-state index in [-0.39, 0.29) is 18.8 Å². The number of hydrogen-bond acceptors (Lipinski definition) is 5. The third-order valence-electron chi connectivity index (χ3n) is 6.34. The molecule has 0 fully saturated rings. The Kier molecular flexibility index (Phi) is 12.7. The summed E-state index contributed by atoms with van der Waals surface area (Å²) in [6.45, 7) is 7.23. The minimum atomic E-state index is -0.285. The molecule has 3 aromatic carbocycles. The summed E-state index contributed by atoms with van der Waals surface area (Å²) in [5.41, 5.74) is 4.35. The number of hydrogen-bond donors (Lipinski definition) is 1. The molecule has 2 atom stereocenters. The van der Waals surface area contributed by atoms with Crippen molar-refractivity contribution in [1.29, 1.82) is 0 Å². The highest BCUT2D eigenvalue weighted by Crippen LogP contribution is 2.31. The number of methoxy groups -OCH3 is 1. The van der Waals surface area contributed by atoms with Gasteiger partial charge in [-0.3, -0.25) is 0 Å². The van der Waals surface area contributed by atoms with Gasteiger partial charge in [0, 0.05) is 18.6 Å². The van der Waals surface area contributed by atoms with Crippen LogP contribution in [0.3, 0.4) is 0 Å². The molecular weight excluding hydrogens is 500 g/mol. The quantitative estimate of drug-likeness (QED) is 0.191. The van der Waals surface area contributed by atoms with Crippen molar-refractivity contribution < 1.29 is 24.1 Å². The van der Waals surface area contributed by atoms with Crippen LogP contribution in [0.2, 0.25) is 5.02 Å². The molecule has 204 valence electrons. The number of aliphatic hydroxyl groups is 1. The normalized spacial score (nSPS) is 12.6. The molecule has 0 bridgehead atoms. The Morgan fingerprint density at radius 2 is 1.71 bits per heavy atom. The van der Waals surface area contributed by atoms with Crippen LogP contribution in [-0.4, -0.2) is 44.2 Å². The predicted octanol–water partition coefficient (Wildman–Crippen LogP) is 6.81. The fourth-order valence-corrected chi connectivity index (χ4v) is 4.49. The monoisotopic (exact) mass is 538 g/mol. The largest absolute Gasteiger partial charge is 0.494 e. The van der Waals surface area contributed by atoms with Crippen LogP contribution < -0.4 is 9.47 Å². The van der Waals surface area contributed by atoms with Gasteiger partial charge in [-0.05, 0) is 66.6 Å². The highest BCUT2D eigenvalue weighted by molar-refractivity contribution is 6.31. The van der Waals surface area contributed by atoms with E-state index < -0.39 is 0 Å². The highest BCUT2D eigenvalue weighted by atomic mass is 35.5. The first-order valence-electron chi connectivity index (χ1n) is 13.1. The van der Waals surface area contributed by atoms with Crippen LogP contribution in [0.25, 0.3) is 0 Å². The SMILES string of the molecule is C=CCOc1cc(Cl)c(Cc2ccc(OCC)cc2)cc1CCC(CC(CO)OC)OCc1ccccc1. The molecule has 2 unspecified atom stereocenters. The van der Waals surface area contributed by atoms with Gasteiger partial charge in [-0.25, -0.2) is 0 Å². The second-order valence-corrected chi connectivity index (χ2v) is 9.55. The second kappa shape index (κ2) is 16.2. The van der Waals surface area contributed by atoms with Crippen LogP contribution in [-0.2, 0) is 28.9 Å². The number of aryl methyl sites for hydroxylation is 1. The maximum atomic E-state index is 9.71. The highest BCUT2D eigenvalue weighted by Gasteiger charge is 2.19. The van der Waals surface area contributed by atoms with Crippen LogP contribution in [0.4, 0.5) is 0 Å². The van der Waals surface area contributed by atoms with E-state index in [1.807, 2.05) is 55.5 Å². The van der Waals surface area contributed by atoms with Crippen molar-refractivity contribution in [2.75, 3.05) is 26.9 Å². The Morgan fingerprint density at radius 1 is 0.947 bits per heavy atom. The van der Waals surface area contributed by atoms with Gasteiger partial charge in [0.05, 0.1) is 32.0 Å². The lowest BCUT2D eigenvalue weighted by molar-refractivity contribution is -0.0291. The van der Waals surface area contributed by atoms with Crippen LogP contribution >= 0.6 is 11.6 Å². The maximum absolute atomic E-state index is 9.71. The van der Waals surface area contributed by atoms with Crippen molar-refractivity contribution in [3.63, 3.8) is 0 Å². The number of ether oxygens (including phenoxy) is 4. The molecule has 0 aliphatic carbocycles. The fourth-order valence-electron chi connectivity index (χ4n) is 4.27. The zero-order valence-corrected chi connectivity index (χ0v) is 23.2. The summed E-state index contributed by atoms with van der Waals surface area (Å²) in [6, 6.07) is 22.2. The second-order valence-electron chi connectivity index (χ2n) is 9.14. The molecule has 0 aliphatic rings. The van der Waals surface area contributed by atoms with Gasteiger partial charge in [0.2, 0.25) is 0 Å². The molecule has 0 radical (unpaired) electrons. The third-order valence-corrected chi connectivity index (χ3v) is 6.69. The average Bonchev–Trinajstić information content (AvgIpc) is 2.94. The van der Waals surface area contributed by atoms with E-state index in [1.165, 1.54) is 0 Å². The molecule has 6 heteroatoms. The summed E-state index contributed by atoms with van der Waals surface area (Å²) >= 11 is 6.70. The van der Waals surface area contributed by atoms with E-state index in [0.29, 0.717) is 37.7 Å². The van der Waals surface area contributed by atoms with Gasteiger partial charge < -0.3 is 24.1 Å². The molecule has 0 heterocycles. The van der Waals surface area contributed by atoms with Gasteiger partial charge in [-0.2, -0.15) is 0 Å². The van der Waals surface area contributed by atoms with Crippen molar-refractivity contribution in [1.82, 2.24) is 0 Å². The summed E-state index contributed by atoms with van der Waals surface area (Å²) in [5.74, 6) is 1.60. The third kappa shape index (κ3) is 9.48. The van der Waals surface area contributed by atoms with Gasteiger partial charge in [0.25, 0.3) is 0 Å². The Balaban J connectivity index is 1.78. The first-order valence-corrected chi connectivity index (χ1v) is 13.5. The Labute approximate surface area is 232 Å². The molecule has 3 aromatic rings. The number of aliphatic hydroxyl groups excluding tert-OH is 1. The van der Waals surface area contributed by atoms with E-state index in [1.54, 1.807) is 13.2 Å². The fraction of sp³-hybridized carbons (Fsp3) is 0.375. The van der Waals surface area contributed by atoms with E-state index >= 15 is 0 Å². The summed E-state index contributed by atoms with van der Waals surface area (Å²) < 4.78 is 23.3. The van der Waals surface area contributed by atoms with Gasteiger partial charge in [0.15, 0.2) is 0 Å². The Morgan fingerprint density at radius 3 is 2.37 bits per heavy atom. The lowest BCUT2D eigenvalue weighted by Crippen LogP contribution is -2.26. The molecule has 38 heavy (non-hydrogen) atoms. The lowest BCUT2D eigenvalue weighted by atomic mass is 9.97. The molecule has 0 aliphatic heterocycles. The van der Waals surface area contributed by atoms with E-state index in [0.717, 1.165) is 46.6 Å². The van der Waals surface area contributed by atoms with Crippen molar-refractivity contribution in [3.05, 3.63) is 107 Å². The van der Waals surface area contributed by atoms with E-state index in [9.17, 15) is 5.11 Å². The topological polar surface area (TPSA) is 57.2 Å². The minimum Gasteiger partial charge on any atom is -0.494 e. The summed E-state index contributed by atoms with van der Waals surface area (Å²) in [5, 5.41) is 10.4. The van der Waals surface area contributed by atoms with Gasteiger partial charge in [-0.1, -0.05) is 72.8 Å². The molecule has 1 N–H and O–H groups in total. The van der Waals surface area contributed by atoms with Crippen molar-refractivity contribution in [2.45, 2.75) is 51.4 Å². The first-order chi connectivity index (χ1) is 18.6. The standard InChI is InChI=1S/C32H39ClO5/c1-4-17-37-32-21-31(33)27(18-24-11-14-28(15-12-24)36-5-2)19-26(32)13-16-29(20-30(22-34)35-3)38-23-25-9-7-6-8-10-25/h4,6-12,14-15,19,21,29-30,34H,1,5,13,16-18,20,22-23H2,2-3H3. The minimum absolute atomic E-state index is 0.0530. The number of benzene rings is 3. The molecular formula is C32H39ClO5. The van der Waals surface area contributed by atoms with Crippen molar-refractivity contribution >= 4 is 11.6 Å². The molecule has 5 nitrogen and oxygen atoms in total. The lowest BCUT2D eigenvalue weighted by Gasteiger charge is -2.23. The summed E-state index contributed by atoms with van der Waals surface area (Å²) in [7, 11) is 1.61. The number of rotatable bonds is 17. The average molecular weight is 539 g/mol. The zero-order valence-electron chi connectivity index (χ0n) is 22.4. The molecule has 3 rings (SSSR count). The van der Waals surface area contributed by atoms with Crippen LogP contribution in [0.5, 0.6) is 11.5 Å². The van der Waals surface area contributed by atoms with Crippen LogP contribution in [0.15, 0.2) is 79.4 Å². The Bertz CT molecular complexity index is 1100. The van der Waals surface area contributed by atoms with Gasteiger partial charge in [-0.15, -0.1) is 0 Å². The first kappa shape index (κ1) is 29.7. The molecule has 0 saturated carbocycles. The summed E-state index contributed by atoms with van der Waals surface area (Å²) in [4.78, 5) is 0. The molecule has 0 amide bonds. The Hall–Kier alpha value is -2.83. The van der Waals surface area contributed by atoms with E-state index in [4.69, 9.17) is 30.5 Å². The number of halogens is 1. The van der Waals surface area contributed by atoms with Crippen LogP contribution in [0.1, 0.15) is 42.0 Å². The smallest absolute Gasteiger partial charge is 0.124 e. The maximum Gasteiger partial charge on any atom is 0.124 e. The van der Waals surface area contributed by atoms with Gasteiger partial charge in [0.1, 0.15) is 18.1 Å². The van der Waals surface area contributed by atoms with Crippen molar-refractivity contribution in [3.8, 4) is 11.5 Å². The zero-order chi connectivity index (χ0) is 27.2. The van der Waals surface area contributed by atoms with Gasteiger partial charge >= 0.3 is 0 Å². The summed E-state index contributed by atoms with van der Waals surface area (Å²) in [6.07, 6.45) is 4.08.